The van der Waals surface area contributed by atoms with E-state index in [1.807, 2.05) is 72.8 Å². The van der Waals surface area contributed by atoms with Crippen LogP contribution < -0.4 is 0 Å². The molecule has 0 radical (unpaired) electrons. The summed E-state index contributed by atoms with van der Waals surface area (Å²) >= 11 is 0. The number of rotatable bonds is 7. The van der Waals surface area contributed by atoms with Crippen molar-refractivity contribution in [3.05, 3.63) is 159 Å². The third-order valence-electron chi connectivity index (χ3n) is 7.83. The van der Waals surface area contributed by atoms with Crippen LogP contribution in [0.1, 0.15) is 0 Å². The Labute approximate surface area is 277 Å². The lowest BCUT2D eigenvalue weighted by Crippen LogP contribution is -1.97. The summed E-state index contributed by atoms with van der Waals surface area (Å²) in [5.74, 6) is 1.22. The van der Waals surface area contributed by atoms with Gasteiger partial charge in [-0.2, -0.15) is 0 Å². The SMILES string of the molecule is c1ccc(-c2cc(-c3cccc(-c4cccc(-c5cc(-c6ccccn6)nc(-c6ccncc6)n5)c4)c3)nc(-c3ccncc3)n2)nc1. The molecule has 8 nitrogen and oxygen atoms in total. The molecule has 48 heavy (non-hydrogen) atoms. The van der Waals surface area contributed by atoms with E-state index in [0.717, 1.165) is 67.5 Å². The average Bonchev–Trinajstić information content (AvgIpc) is 3.19. The van der Waals surface area contributed by atoms with E-state index in [-0.39, 0.29) is 0 Å². The third-order valence-corrected chi connectivity index (χ3v) is 7.83. The Bertz CT molecular complexity index is 2050. The summed E-state index contributed by atoms with van der Waals surface area (Å²) in [6.45, 7) is 0. The Balaban J connectivity index is 1.21. The second-order valence-corrected chi connectivity index (χ2v) is 11.0. The molecule has 0 unspecified atom stereocenters. The molecule has 6 aromatic heterocycles. The Hall–Kier alpha value is -6.80. The molecule has 0 bridgehead atoms. The van der Waals surface area contributed by atoms with Crippen molar-refractivity contribution < 1.29 is 0 Å². The van der Waals surface area contributed by atoms with Gasteiger partial charge in [-0.25, -0.2) is 19.9 Å². The van der Waals surface area contributed by atoms with Gasteiger partial charge in [-0.05, 0) is 83.9 Å². The molecule has 0 amide bonds. The zero-order chi connectivity index (χ0) is 32.1. The number of benzene rings is 2. The number of hydrogen-bond donors (Lipinski definition) is 0. The highest BCUT2D eigenvalue weighted by molar-refractivity contribution is 5.78. The zero-order valence-corrected chi connectivity index (χ0v) is 25.6. The van der Waals surface area contributed by atoms with Gasteiger partial charge in [0.1, 0.15) is 0 Å². The highest BCUT2D eigenvalue weighted by Crippen LogP contribution is 2.32. The lowest BCUT2D eigenvalue weighted by Gasteiger charge is -2.11. The summed E-state index contributed by atoms with van der Waals surface area (Å²) in [4.78, 5) is 37.1. The van der Waals surface area contributed by atoms with Crippen molar-refractivity contribution in [3.63, 3.8) is 0 Å². The van der Waals surface area contributed by atoms with Crippen molar-refractivity contribution >= 4 is 0 Å². The monoisotopic (exact) mass is 618 g/mol. The van der Waals surface area contributed by atoms with Crippen LogP contribution in [0.25, 0.3) is 79.2 Å². The number of pyridine rings is 4. The van der Waals surface area contributed by atoms with Gasteiger partial charge in [0.15, 0.2) is 11.6 Å². The van der Waals surface area contributed by atoms with Crippen LogP contribution in [-0.2, 0) is 0 Å². The molecular formula is C40H26N8. The molecule has 8 aromatic rings. The number of nitrogens with zero attached hydrogens (tertiary/aromatic N) is 8. The lowest BCUT2D eigenvalue weighted by atomic mass is 9.98. The van der Waals surface area contributed by atoms with Gasteiger partial charge in [-0.3, -0.25) is 19.9 Å². The minimum absolute atomic E-state index is 0.612. The molecule has 6 heterocycles. The first-order valence-electron chi connectivity index (χ1n) is 15.4. The molecule has 226 valence electrons. The summed E-state index contributed by atoms with van der Waals surface area (Å²) in [6.07, 6.45) is 10.5. The largest absolute Gasteiger partial charge is 0.265 e. The van der Waals surface area contributed by atoms with Gasteiger partial charge in [0.05, 0.1) is 34.2 Å². The van der Waals surface area contributed by atoms with Gasteiger partial charge in [-0.1, -0.05) is 48.5 Å². The van der Waals surface area contributed by atoms with Gasteiger partial charge >= 0.3 is 0 Å². The third kappa shape index (κ3) is 6.05. The quantitative estimate of drug-likeness (QED) is 0.175. The fraction of sp³-hybridized carbons (Fsp3) is 0. The molecule has 0 aliphatic rings. The Morgan fingerprint density at radius 1 is 0.271 bits per heavy atom. The normalized spacial score (nSPS) is 10.9. The molecule has 0 saturated carbocycles. The molecule has 2 aromatic carbocycles. The smallest absolute Gasteiger partial charge is 0.160 e. The molecule has 8 heteroatoms. The van der Waals surface area contributed by atoms with E-state index in [0.29, 0.717) is 11.6 Å². The Kier molecular flexibility index (Phi) is 7.70. The molecule has 0 N–H and O–H groups in total. The molecule has 0 aliphatic heterocycles. The number of hydrogen-bond acceptors (Lipinski definition) is 8. The first-order chi connectivity index (χ1) is 23.8. The summed E-state index contributed by atoms with van der Waals surface area (Å²) in [5, 5.41) is 0. The van der Waals surface area contributed by atoms with Crippen molar-refractivity contribution in [2.45, 2.75) is 0 Å². The van der Waals surface area contributed by atoms with Crippen molar-refractivity contribution in [2.75, 3.05) is 0 Å². The van der Waals surface area contributed by atoms with E-state index < -0.39 is 0 Å². The maximum atomic E-state index is 4.98. The van der Waals surface area contributed by atoms with Gasteiger partial charge in [-0.15, -0.1) is 0 Å². The Morgan fingerprint density at radius 3 is 1.10 bits per heavy atom. The van der Waals surface area contributed by atoms with Gasteiger partial charge < -0.3 is 0 Å². The van der Waals surface area contributed by atoms with Gasteiger partial charge in [0.25, 0.3) is 0 Å². The van der Waals surface area contributed by atoms with E-state index in [9.17, 15) is 0 Å². The maximum absolute atomic E-state index is 4.98. The summed E-state index contributed by atoms with van der Waals surface area (Å²) < 4.78 is 0. The maximum Gasteiger partial charge on any atom is 0.160 e. The topological polar surface area (TPSA) is 103 Å². The molecule has 0 saturated heterocycles. The van der Waals surface area contributed by atoms with E-state index in [4.69, 9.17) is 19.9 Å². The molecule has 0 fully saturated rings. The van der Waals surface area contributed by atoms with Crippen LogP contribution in [0, 0.1) is 0 Å². The van der Waals surface area contributed by atoms with E-state index in [1.165, 1.54) is 0 Å². The molecule has 0 aliphatic carbocycles. The van der Waals surface area contributed by atoms with Gasteiger partial charge in [0.2, 0.25) is 0 Å². The minimum atomic E-state index is 0.612. The fourth-order valence-electron chi connectivity index (χ4n) is 5.46. The van der Waals surface area contributed by atoms with Crippen LogP contribution in [0.3, 0.4) is 0 Å². The standard InChI is InChI=1S/C40H26N8/c1-3-17-43-33(11-1)37-25-35(45-39(47-37)27-13-19-41-20-14-27)31-9-5-7-29(23-31)30-8-6-10-32(24-30)36-26-38(34-12-2-4-18-44-34)48-40(46-36)28-15-21-42-22-16-28/h1-26H. The van der Waals surface area contributed by atoms with Gasteiger partial charge in [0, 0.05) is 59.4 Å². The summed E-state index contributed by atoms with van der Waals surface area (Å²) in [7, 11) is 0. The molecule has 8 rings (SSSR count). The van der Waals surface area contributed by atoms with Crippen LogP contribution in [0.4, 0.5) is 0 Å². The molecule has 0 atom stereocenters. The number of aromatic nitrogens is 8. The Morgan fingerprint density at radius 2 is 0.688 bits per heavy atom. The summed E-state index contributed by atoms with van der Waals surface area (Å²) in [5.41, 5.74) is 10.4. The van der Waals surface area contributed by atoms with Crippen LogP contribution in [0.15, 0.2) is 159 Å². The predicted molar refractivity (Wildman–Crippen MR) is 187 cm³/mol. The van der Waals surface area contributed by atoms with E-state index in [2.05, 4.69) is 68.5 Å². The van der Waals surface area contributed by atoms with Crippen LogP contribution in [-0.4, -0.2) is 39.9 Å². The van der Waals surface area contributed by atoms with Crippen LogP contribution in [0.5, 0.6) is 0 Å². The lowest BCUT2D eigenvalue weighted by molar-refractivity contribution is 1.16. The zero-order valence-electron chi connectivity index (χ0n) is 25.6. The van der Waals surface area contributed by atoms with Crippen molar-refractivity contribution in [2.24, 2.45) is 0 Å². The van der Waals surface area contributed by atoms with E-state index in [1.54, 1.807) is 37.2 Å². The van der Waals surface area contributed by atoms with E-state index >= 15 is 0 Å². The second-order valence-electron chi connectivity index (χ2n) is 11.0. The highest BCUT2D eigenvalue weighted by Gasteiger charge is 2.14. The predicted octanol–water partition coefficient (Wildman–Crippen LogP) is 8.52. The second kappa shape index (κ2) is 12.9. The molecular weight excluding hydrogens is 592 g/mol. The van der Waals surface area contributed by atoms with Crippen molar-refractivity contribution in [1.29, 1.82) is 0 Å². The van der Waals surface area contributed by atoms with Crippen molar-refractivity contribution in [1.82, 2.24) is 39.9 Å². The fourth-order valence-corrected chi connectivity index (χ4v) is 5.46. The summed E-state index contributed by atoms with van der Waals surface area (Å²) in [6, 6.07) is 40.0. The van der Waals surface area contributed by atoms with Crippen molar-refractivity contribution in [3.8, 4) is 79.2 Å². The minimum Gasteiger partial charge on any atom is -0.265 e. The first kappa shape index (κ1) is 28.7. The van der Waals surface area contributed by atoms with Crippen LogP contribution in [0.2, 0.25) is 0 Å². The first-order valence-corrected chi connectivity index (χ1v) is 15.4. The molecule has 0 spiro atoms. The highest BCUT2D eigenvalue weighted by atomic mass is 14.9. The van der Waals surface area contributed by atoms with Crippen LogP contribution >= 0.6 is 0 Å². The average molecular weight is 619 g/mol.